The molecule has 1 atom stereocenters. The van der Waals surface area contributed by atoms with Gasteiger partial charge < -0.3 is 15.1 Å². The Balaban J connectivity index is 1.68. The number of hydrogen-bond acceptors (Lipinski definition) is 4. The highest BCUT2D eigenvalue weighted by Crippen LogP contribution is 2.27. The van der Waals surface area contributed by atoms with Crippen LogP contribution in [-0.2, 0) is 4.79 Å². The number of nitrogens with zero attached hydrogens (tertiary/aromatic N) is 3. The van der Waals surface area contributed by atoms with E-state index in [9.17, 15) is 4.79 Å². The van der Waals surface area contributed by atoms with Crippen molar-refractivity contribution < 1.29 is 4.79 Å². The Morgan fingerprint density at radius 1 is 1.07 bits per heavy atom. The predicted molar refractivity (Wildman–Crippen MR) is 112 cm³/mol. The van der Waals surface area contributed by atoms with Crippen molar-refractivity contribution in [3.63, 3.8) is 0 Å². The first-order valence-electron chi connectivity index (χ1n) is 9.40. The molecule has 2 heterocycles. The summed E-state index contributed by atoms with van der Waals surface area (Å²) in [6, 6.07) is 11.4. The molecule has 1 saturated heterocycles. The molecule has 0 unspecified atom stereocenters. The lowest BCUT2D eigenvalue weighted by Gasteiger charge is -2.33. The van der Waals surface area contributed by atoms with Crippen LogP contribution in [0.25, 0.3) is 0 Å². The highest BCUT2D eigenvalue weighted by atomic mass is 35.5. The van der Waals surface area contributed by atoms with Gasteiger partial charge in [-0.2, -0.15) is 0 Å². The summed E-state index contributed by atoms with van der Waals surface area (Å²) in [6.45, 7) is 8.12. The Bertz CT molecular complexity index is 753. The Morgan fingerprint density at radius 2 is 1.74 bits per heavy atom. The molecule has 0 bridgehead atoms. The van der Waals surface area contributed by atoms with Gasteiger partial charge in [0.25, 0.3) is 0 Å². The van der Waals surface area contributed by atoms with E-state index in [1.807, 2.05) is 50.2 Å². The molecule has 2 aromatic rings. The zero-order valence-corrected chi connectivity index (χ0v) is 16.9. The maximum absolute atomic E-state index is 12.9. The van der Waals surface area contributed by atoms with Crippen LogP contribution in [0.1, 0.15) is 25.3 Å². The second-order valence-corrected chi connectivity index (χ2v) is 7.89. The van der Waals surface area contributed by atoms with Crippen molar-refractivity contribution in [2.45, 2.75) is 19.8 Å². The minimum absolute atomic E-state index is 0.0264. The summed E-state index contributed by atoms with van der Waals surface area (Å²) in [5, 5.41) is 3.68. The molecule has 1 fully saturated rings. The number of piperazine rings is 1. The molecule has 1 aromatic heterocycles. The molecule has 0 aliphatic carbocycles. The molecule has 5 nitrogen and oxygen atoms in total. The summed E-state index contributed by atoms with van der Waals surface area (Å²) in [6.07, 6.45) is 1.74. The standard InChI is InChI=1S/C21H27ClN4O/c1-15(2)20(16-4-6-17(22)7-5-16)21(27)24-18-8-9-19(23-14-18)26-12-10-25(3)11-13-26/h4-9,14-15,20H,10-13H2,1-3H3,(H,24,27)/t20-/m0/s1. The number of carbonyl (C=O) groups excluding carboxylic acids is 1. The Hall–Kier alpha value is -2.11. The number of pyridine rings is 1. The normalized spacial score (nSPS) is 16.4. The van der Waals surface area contributed by atoms with Crippen LogP contribution in [0.4, 0.5) is 11.5 Å². The SMILES string of the molecule is CC(C)[C@H](C(=O)Nc1ccc(N2CCN(C)CC2)nc1)c1ccc(Cl)cc1. The maximum Gasteiger partial charge on any atom is 0.232 e. The number of carbonyl (C=O) groups is 1. The minimum atomic E-state index is -0.237. The van der Waals surface area contributed by atoms with E-state index < -0.39 is 0 Å². The molecule has 0 saturated carbocycles. The quantitative estimate of drug-likeness (QED) is 0.847. The smallest absolute Gasteiger partial charge is 0.232 e. The first-order valence-corrected chi connectivity index (χ1v) is 9.77. The third-order valence-electron chi connectivity index (χ3n) is 5.02. The second-order valence-electron chi connectivity index (χ2n) is 7.46. The van der Waals surface area contributed by atoms with Crippen LogP contribution < -0.4 is 10.2 Å². The monoisotopic (exact) mass is 386 g/mol. The average molecular weight is 387 g/mol. The summed E-state index contributed by atoms with van der Waals surface area (Å²) in [5.41, 5.74) is 1.69. The fourth-order valence-electron chi connectivity index (χ4n) is 3.41. The topological polar surface area (TPSA) is 48.5 Å². The van der Waals surface area contributed by atoms with Gasteiger partial charge in [0.05, 0.1) is 17.8 Å². The molecular formula is C21H27ClN4O. The van der Waals surface area contributed by atoms with Gasteiger partial charge >= 0.3 is 0 Å². The van der Waals surface area contributed by atoms with Crippen LogP contribution in [0.3, 0.4) is 0 Å². The molecule has 3 rings (SSSR count). The fourth-order valence-corrected chi connectivity index (χ4v) is 3.54. The molecule has 0 radical (unpaired) electrons. The average Bonchev–Trinajstić information content (AvgIpc) is 2.65. The number of nitrogens with one attached hydrogen (secondary N) is 1. The van der Waals surface area contributed by atoms with Crippen LogP contribution in [0.2, 0.25) is 5.02 Å². The van der Waals surface area contributed by atoms with E-state index in [4.69, 9.17) is 11.6 Å². The summed E-state index contributed by atoms with van der Waals surface area (Å²) in [7, 11) is 2.13. The molecular weight excluding hydrogens is 360 g/mol. The van der Waals surface area contributed by atoms with E-state index in [2.05, 4.69) is 27.1 Å². The third-order valence-corrected chi connectivity index (χ3v) is 5.27. The zero-order valence-electron chi connectivity index (χ0n) is 16.2. The molecule has 6 heteroatoms. The van der Waals surface area contributed by atoms with Crippen molar-refractivity contribution >= 4 is 29.0 Å². The highest BCUT2D eigenvalue weighted by molar-refractivity contribution is 6.30. The van der Waals surface area contributed by atoms with Gasteiger partial charge in [-0.3, -0.25) is 4.79 Å². The van der Waals surface area contributed by atoms with E-state index in [0.717, 1.165) is 43.2 Å². The van der Waals surface area contributed by atoms with Gasteiger partial charge in [0.15, 0.2) is 0 Å². The van der Waals surface area contributed by atoms with Crippen molar-refractivity contribution in [2.24, 2.45) is 5.92 Å². The number of aromatic nitrogens is 1. The van der Waals surface area contributed by atoms with Crippen molar-refractivity contribution in [1.82, 2.24) is 9.88 Å². The minimum Gasteiger partial charge on any atom is -0.354 e. The molecule has 0 spiro atoms. The summed E-state index contributed by atoms with van der Waals surface area (Å²) < 4.78 is 0. The van der Waals surface area contributed by atoms with Gasteiger partial charge in [-0.1, -0.05) is 37.6 Å². The van der Waals surface area contributed by atoms with Crippen LogP contribution in [0.5, 0.6) is 0 Å². The Morgan fingerprint density at radius 3 is 2.30 bits per heavy atom. The van der Waals surface area contributed by atoms with E-state index >= 15 is 0 Å². The molecule has 1 amide bonds. The van der Waals surface area contributed by atoms with E-state index in [1.165, 1.54) is 0 Å². The van der Waals surface area contributed by atoms with Gasteiger partial charge in [-0.05, 0) is 42.8 Å². The number of likely N-dealkylation sites (N-methyl/N-ethyl adjacent to an activating group) is 1. The van der Waals surface area contributed by atoms with Crippen LogP contribution >= 0.6 is 11.6 Å². The van der Waals surface area contributed by atoms with Crippen LogP contribution in [0.15, 0.2) is 42.6 Å². The first-order chi connectivity index (χ1) is 12.9. The fraction of sp³-hybridized carbons (Fsp3) is 0.429. The predicted octanol–water partition coefficient (Wildman–Crippen LogP) is 3.87. The molecule has 1 N–H and O–H groups in total. The molecule has 1 aromatic carbocycles. The zero-order chi connectivity index (χ0) is 19.4. The van der Waals surface area contributed by atoms with Crippen molar-refractivity contribution in [2.75, 3.05) is 43.4 Å². The number of hydrogen-bond donors (Lipinski definition) is 1. The molecule has 27 heavy (non-hydrogen) atoms. The number of rotatable bonds is 5. The summed E-state index contributed by atoms with van der Waals surface area (Å²) in [5.74, 6) is 0.865. The Kier molecular flexibility index (Phi) is 6.34. The number of anilines is 2. The maximum atomic E-state index is 12.9. The third kappa shape index (κ3) is 4.99. The number of halogens is 1. The van der Waals surface area contributed by atoms with Gasteiger partial charge in [-0.25, -0.2) is 4.98 Å². The molecule has 1 aliphatic rings. The van der Waals surface area contributed by atoms with Crippen LogP contribution in [-0.4, -0.2) is 49.0 Å². The number of amides is 1. The lowest BCUT2D eigenvalue weighted by atomic mass is 9.87. The molecule has 1 aliphatic heterocycles. The van der Waals surface area contributed by atoms with Gasteiger partial charge in [0.2, 0.25) is 5.91 Å². The largest absolute Gasteiger partial charge is 0.354 e. The van der Waals surface area contributed by atoms with Crippen molar-refractivity contribution in [3.05, 3.63) is 53.2 Å². The van der Waals surface area contributed by atoms with E-state index in [-0.39, 0.29) is 17.7 Å². The van der Waals surface area contributed by atoms with Gasteiger partial charge in [0.1, 0.15) is 5.82 Å². The Labute approximate surface area is 166 Å². The van der Waals surface area contributed by atoms with Gasteiger partial charge in [0, 0.05) is 31.2 Å². The summed E-state index contributed by atoms with van der Waals surface area (Å²) >= 11 is 5.98. The summed E-state index contributed by atoms with van der Waals surface area (Å²) in [4.78, 5) is 22.0. The highest BCUT2D eigenvalue weighted by Gasteiger charge is 2.24. The lowest BCUT2D eigenvalue weighted by molar-refractivity contribution is -0.118. The second kappa shape index (κ2) is 8.72. The lowest BCUT2D eigenvalue weighted by Crippen LogP contribution is -2.44. The van der Waals surface area contributed by atoms with E-state index in [1.54, 1.807) is 6.20 Å². The van der Waals surface area contributed by atoms with Crippen molar-refractivity contribution in [1.29, 1.82) is 0 Å². The number of benzene rings is 1. The van der Waals surface area contributed by atoms with E-state index in [0.29, 0.717) is 5.02 Å². The van der Waals surface area contributed by atoms with Gasteiger partial charge in [-0.15, -0.1) is 0 Å². The first kappa shape index (κ1) is 19.6. The van der Waals surface area contributed by atoms with Crippen molar-refractivity contribution in [3.8, 4) is 0 Å². The molecule has 144 valence electrons. The van der Waals surface area contributed by atoms with Crippen LogP contribution in [0, 0.1) is 5.92 Å².